The molecule has 0 spiro atoms. The third-order valence-electron chi connectivity index (χ3n) is 6.15. The summed E-state index contributed by atoms with van der Waals surface area (Å²) < 4.78 is 5.86. The first-order chi connectivity index (χ1) is 15.7. The largest absolute Gasteiger partial charge is 0.490 e. The van der Waals surface area contributed by atoms with Crippen LogP contribution in [0.3, 0.4) is 0 Å². The Morgan fingerprint density at radius 2 is 1.81 bits per heavy atom. The van der Waals surface area contributed by atoms with Gasteiger partial charge in [0.2, 0.25) is 0 Å². The number of piperidine rings is 1. The quantitative estimate of drug-likeness (QED) is 0.419. The molecule has 1 unspecified atom stereocenters. The molecule has 2 aromatic carbocycles. The van der Waals surface area contributed by atoms with Gasteiger partial charge in [0.05, 0.1) is 18.7 Å². The molecule has 4 nitrogen and oxygen atoms in total. The number of allylic oxidation sites excluding steroid dienone is 3. The van der Waals surface area contributed by atoms with Gasteiger partial charge in [-0.2, -0.15) is 0 Å². The highest BCUT2D eigenvalue weighted by molar-refractivity contribution is 5.58. The molecule has 160 valence electrons. The minimum atomic E-state index is -0.0547. The van der Waals surface area contributed by atoms with E-state index in [4.69, 9.17) is 16.6 Å². The van der Waals surface area contributed by atoms with Crippen molar-refractivity contribution in [3.63, 3.8) is 0 Å². The molecular weight excluding hydrogens is 394 g/mol. The van der Waals surface area contributed by atoms with E-state index in [1.165, 1.54) is 24.1 Å². The number of rotatable bonds is 4. The van der Waals surface area contributed by atoms with Gasteiger partial charge in [-0.1, -0.05) is 48.5 Å². The van der Waals surface area contributed by atoms with Crippen molar-refractivity contribution in [3.05, 3.63) is 106 Å². The van der Waals surface area contributed by atoms with E-state index in [9.17, 15) is 0 Å². The number of ether oxygens (including phenoxy) is 1. The summed E-state index contributed by atoms with van der Waals surface area (Å²) in [6, 6.07) is 21.4. The molecule has 2 aliphatic heterocycles. The standard InChI is InChI=1S/C28H27N3O/c1-21-18-25(28(20-29)30-2)19-27(32-21)13-10-22-8-11-26(12-9-22)31-16-14-24(15-17-31)23-6-4-3-5-7-23/h3-13,19,21,24H,14-18H2,1H3/b13-10+,28-25-. The predicted molar refractivity (Wildman–Crippen MR) is 129 cm³/mol. The van der Waals surface area contributed by atoms with Gasteiger partial charge in [0.15, 0.2) is 0 Å². The smallest absolute Gasteiger partial charge is 0.265 e. The molecule has 2 heterocycles. The Labute approximate surface area is 190 Å². The number of nitriles is 1. The van der Waals surface area contributed by atoms with Crippen molar-refractivity contribution in [2.45, 2.75) is 38.2 Å². The van der Waals surface area contributed by atoms with Crippen LogP contribution in [-0.2, 0) is 4.74 Å². The summed E-state index contributed by atoms with van der Waals surface area (Å²) in [5.41, 5.74) is 4.70. The number of hydrogen-bond acceptors (Lipinski definition) is 3. The molecule has 4 rings (SSSR count). The molecule has 1 atom stereocenters. The maximum Gasteiger partial charge on any atom is 0.265 e. The van der Waals surface area contributed by atoms with Gasteiger partial charge in [-0.05, 0) is 66.7 Å². The molecular formula is C28H27N3O. The number of anilines is 1. The predicted octanol–water partition coefficient (Wildman–Crippen LogP) is 6.47. The zero-order valence-corrected chi connectivity index (χ0v) is 18.4. The maximum absolute atomic E-state index is 9.15. The van der Waals surface area contributed by atoms with Gasteiger partial charge >= 0.3 is 0 Å². The van der Waals surface area contributed by atoms with Crippen molar-refractivity contribution in [3.8, 4) is 6.07 Å². The van der Waals surface area contributed by atoms with Crippen molar-refractivity contribution < 1.29 is 4.74 Å². The summed E-state index contributed by atoms with van der Waals surface area (Å²) in [5, 5.41) is 9.15. The van der Waals surface area contributed by atoms with E-state index in [0.717, 1.165) is 24.2 Å². The molecule has 0 amide bonds. The molecule has 0 aromatic heterocycles. The van der Waals surface area contributed by atoms with Crippen molar-refractivity contribution >= 4 is 11.8 Å². The van der Waals surface area contributed by atoms with Crippen molar-refractivity contribution in [1.82, 2.24) is 0 Å². The van der Waals surface area contributed by atoms with E-state index in [0.29, 0.717) is 18.1 Å². The van der Waals surface area contributed by atoms with Crippen LogP contribution < -0.4 is 4.90 Å². The molecule has 0 bridgehead atoms. The Bertz CT molecular complexity index is 1090. The first-order valence-electron chi connectivity index (χ1n) is 11.1. The average Bonchev–Trinajstić information content (AvgIpc) is 2.84. The molecule has 0 radical (unpaired) electrons. The summed E-state index contributed by atoms with van der Waals surface area (Å²) in [6.45, 7) is 11.3. The van der Waals surface area contributed by atoms with E-state index in [1.807, 2.05) is 25.1 Å². The number of nitrogens with zero attached hydrogens (tertiary/aromatic N) is 3. The van der Waals surface area contributed by atoms with Gasteiger partial charge in [-0.15, -0.1) is 0 Å². The third kappa shape index (κ3) is 5.10. The maximum atomic E-state index is 9.15. The first-order valence-corrected chi connectivity index (χ1v) is 11.1. The minimum absolute atomic E-state index is 0.0547. The lowest BCUT2D eigenvalue weighted by Crippen LogP contribution is -2.32. The first kappa shape index (κ1) is 21.5. The highest BCUT2D eigenvalue weighted by Crippen LogP contribution is 2.31. The van der Waals surface area contributed by atoms with Crippen LogP contribution in [0.4, 0.5) is 5.69 Å². The van der Waals surface area contributed by atoms with Crippen LogP contribution in [0.5, 0.6) is 0 Å². The molecule has 4 heteroatoms. The van der Waals surface area contributed by atoms with Gasteiger partial charge < -0.3 is 9.64 Å². The highest BCUT2D eigenvalue weighted by Gasteiger charge is 2.20. The van der Waals surface area contributed by atoms with Gasteiger partial charge in [0.25, 0.3) is 5.70 Å². The van der Waals surface area contributed by atoms with Gasteiger partial charge in [0.1, 0.15) is 5.76 Å². The monoisotopic (exact) mass is 421 g/mol. The van der Waals surface area contributed by atoms with Crippen LogP contribution in [0.15, 0.2) is 83.8 Å². The fourth-order valence-corrected chi connectivity index (χ4v) is 4.44. The van der Waals surface area contributed by atoms with Crippen LogP contribution in [0, 0.1) is 17.9 Å². The Balaban J connectivity index is 1.39. The fraction of sp³-hybridized carbons (Fsp3) is 0.286. The second-order valence-electron chi connectivity index (χ2n) is 8.37. The van der Waals surface area contributed by atoms with Crippen LogP contribution in [0.1, 0.15) is 43.2 Å². The Morgan fingerprint density at radius 1 is 1.09 bits per heavy atom. The Kier molecular flexibility index (Phi) is 6.73. The number of benzene rings is 2. The normalized spacial score (nSPS) is 20.8. The van der Waals surface area contributed by atoms with Crippen LogP contribution in [-0.4, -0.2) is 19.2 Å². The average molecular weight is 422 g/mol. The molecule has 2 aliphatic rings. The van der Waals surface area contributed by atoms with Crippen molar-refractivity contribution in [1.29, 1.82) is 5.26 Å². The molecule has 0 aliphatic carbocycles. The van der Waals surface area contributed by atoms with E-state index >= 15 is 0 Å². The molecule has 1 saturated heterocycles. The van der Waals surface area contributed by atoms with Gasteiger partial charge in [-0.3, -0.25) is 0 Å². The summed E-state index contributed by atoms with van der Waals surface area (Å²) in [4.78, 5) is 5.80. The second-order valence-corrected chi connectivity index (χ2v) is 8.37. The van der Waals surface area contributed by atoms with Crippen molar-refractivity contribution in [2.75, 3.05) is 18.0 Å². The lowest BCUT2D eigenvalue weighted by molar-refractivity contribution is 0.133. The Morgan fingerprint density at radius 3 is 2.47 bits per heavy atom. The summed E-state index contributed by atoms with van der Waals surface area (Å²) in [5.74, 6) is 1.34. The minimum Gasteiger partial charge on any atom is -0.490 e. The van der Waals surface area contributed by atoms with Gasteiger partial charge in [-0.25, -0.2) is 10.1 Å². The van der Waals surface area contributed by atoms with Crippen LogP contribution >= 0.6 is 0 Å². The topological polar surface area (TPSA) is 40.6 Å². The van der Waals surface area contributed by atoms with Crippen LogP contribution in [0.2, 0.25) is 0 Å². The summed E-state index contributed by atoms with van der Waals surface area (Å²) >= 11 is 0. The Hall–Kier alpha value is -3.76. The second kappa shape index (κ2) is 10.0. The van der Waals surface area contributed by atoms with Crippen LogP contribution in [0.25, 0.3) is 10.9 Å². The molecule has 0 N–H and O–H groups in total. The molecule has 1 fully saturated rings. The zero-order valence-electron chi connectivity index (χ0n) is 18.4. The zero-order chi connectivity index (χ0) is 22.3. The lowest BCUT2D eigenvalue weighted by atomic mass is 9.89. The summed E-state index contributed by atoms with van der Waals surface area (Å²) in [6.07, 6.45) is 8.62. The van der Waals surface area contributed by atoms with Crippen molar-refractivity contribution in [2.24, 2.45) is 0 Å². The van der Waals surface area contributed by atoms with E-state index < -0.39 is 0 Å². The molecule has 32 heavy (non-hydrogen) atoms. The highest BCUT2D eigenvalue weighted by atomic mass is 16.5. The molecule has 2 aromatic rings. The van der Waals surface area contributed by atoms with Gasteiger partial charge in [0, 0.05) is 25.2 Å². The third-order valence-corrected chi connectivity index (χ3v) is 6.15. The summed E-state index contributed by atoms with van der Waals surface area (Å²) in [7, 11) is 0. The van der Waals surface area contributed by atoms with E-state index in [2.05, 4.69) is 64.3 Å². The fourth-order valence-electron chi connectivity index (χ4n) is 4.44. The SMILES string of the molecule is [C-]#[N+]/C(C#N)=C1C=C(/C=C/c2ccc(N3CCC(c4ccccc4)CC3)cc2)OC(C)C\1. The number of hydrogen-bond donors (Lipinski definition) is 0. The van der Waals surface area contributed by atoms with E-state index in [-0.39, 0.29) is 11.8 Å². The molecule has 0 saturated carbocycles. The van der Waals surface area contributed by atoms with E-state index in [1.54, 1.807) is 6.08 Å². The lowest BCUT2D eigenvalue weighted by Gasteiger charge is -2.34.